The van der Waals surface area contributed by atoms with E-state index < -0.39 is 75.8 Å². The van der Waals surface area contributed by atoms with Gasteiger partial charge in [0.15, 0.2) is 17.1 Å². The Hall–Kier alpha value is -3.72. The number of carbonyl (C=O) groups is 2. The van der Waals surface area contributed by atoms with Gasteiger partial charge in [-0.3, -0.25) is 0 Å². The van der Waals surface area contributed by atoms with E-state index in [1.54, 1.807) is 0 Å². The third kappa shape index (κ3) is 3.82. The number of carbonyl (C=O) groups excluding carboxylic acids is 2. The van der Waals surface area contributed by atoms with Crippen LogP contribution in [0.2, 0.25) is 0 Å². The molecule has 2 saturated carbocycles. The number of hydrogen-bond acceptors (Lipinski definition) is 8. The van der Waals surface area contributed by atoms with Crippen molar-refractivity contribution in [3.63, 3.8) is 0 Å². The Balaban J connectivity index is 1.14. The summed E-state index contributed by atoms with van der Waals surface area (Å²) >= 11 is 0. The summed E-state index contributed by atoms with van der Waals surface area (Å²) in [7, 11) is 0. The zero-order valence-corrected chi connectivity index (χ0v) is 26.8. The minimum atomic E-state index is -4.68. The molecule has 14 heteroatoms. The fraction of sp³-hybridized carbons (Fsp3) is 0.500. The fourth-order valence-electron chi connectivity index (χ4n) is 9.81. The Morgan fingerprint density at radius 2 is 1.50 bits per heavy atom. The molecule has 264 valence electrons. The van der Waals surface area contributed by atoms with E-state index in [0.29, 0.717) is 36.1 Å². The van der Waals surface area contributed by atoms with Crippen molar-refractivity contribution in [2.24, 2.45) is 17.3 Å². The van der Waals surface area contributed by atoms with Crippen molar-refractivity contribution in [1.82, 2.24) is 0 Å². The number of alkyl halides is 6. The van der Waals surface area contributed by atoms with Gasteiger partial charge in [-0.05, 0) is 67.5 Å². The molecule has 3 aliphatic carbocycles. The maximum Gasteiger partial charge on any atom is 0.416 e. The molecule has 2 aromatic rings. The Labute approximate surface area is 281 Å². The van der Waals surface area contributed by atoms with E-state index in [9.17, 15) is 41.0 Å². The van der Waals surface area contributed by atoms with Crippen LogP contribution < -0.4 is 0 Å². The summed E-state index contributed by atoms with van der Waals surface area (Å²) in [5, 5.41) is 11.9. The standard InChI is InChI=1S/C36H30F6O8/c1-15(2)32-26(49-32)27-34(50-27)31(3)13-12-20-23(21(31)14-22-33(34,48-22)30(32)45)25(47-29(20)44)24(16-4-8-18(9-5-16)35(37,38)39)46-28(43)17-6-10-19(11-7-17)36(40,41)42/h4-11,15,21-22,26-27,30,45H,12-14H2,1-3H3/b25-24+/t21-,22-,26-,27-,30+,31-,32-,33+,34+/m0/s1. The predicted octanol–water partition coefficient (Wildman–Crippen LogP) is 6.37. The molecular weight excluding hydrogens is 674 g/mol. The normalized spacial score (nSPS) is 40.1. The summed E-state index contributed by atoms with van der Waals surface area (Å²) in [6.07, 6.45) is -10.5. The lowest BCUT2D eigenvalue weighted by Crippen LogP contribution is -2.69. The summed E-state index contributed by atoms with van der Waals surface area (Å²) in [6.45, 7) is 5.96. The number of cyclic esters (lactones) is 1. The highest BCUT2D eigenvalue weighted by Gasteiger charge is 3.00. The number of allylic oxidation sites excluding steroid dienone is 1. The van der Waals surface area contributed by atoms with Gasteiger partial charge in [0.25, 0.3) is 0 Å². The third-order valence-corrected chi connectivity index (χ3v) is 12.4. The van der Waals surface area contributed by atoms with Crippen molar-refractivity contribution >= 4 is 17.7 Å². The monoisotopic (exact) mass is 704 g/mol. The lowest BCUT2D eigenvalue weighted by Gasteiger charge is -2.53. The van der Waals surface area contributed by atoms with Gasteiger partial charge in [0.1, 0.15) is 29.5 Å². The molecule has 0 unspecified atom stereocenters. The first-order valence-electron chi connectivity index (χ1n) is 16.4. The van der Waals surface area contributed by atoms with Gasteiger partial charge in [0.05, 0.1) is 22.8 Å². The first kappa shape index (κ1) is 32.2. The Bertz CT molecular complexity index is 1930. The highest BCUT2D eigenvalue weighted by atomic mass is 19.4. The molecule has 2 aromatic carbocycles. The number of ether oxygens (including phenoxy) is 5. The average molecular weight is 705 g/mol. The van der Waals surface area contributed by atoms with Crippen LogP contribution in [0.15, 0.2) is 65.4 Å². The molecule has 1 N–H and O–H groups in total. The number of aliphatic hydroxyl groups excluding tert-OH is 1. The minimum Gasteiger partial charge on any atom is -0.419 e. The van der Waals surface area contributed by atoms with Crippen molar-refractivity contribution in [2.45, 2.75) is 93.6 Å². The Morgan fingerprint density at radius 1 is 0.900 bits per heavy atom. The minimum absolute atomic E-state index is 0.0174. The lowest BCUT2D eigenvalue weighted by molar-refractivity contribution is -0.138. The molecule has 0 amide bonds. The Morgan fingerprint density at radius 3 is 2.08 bits per heavy atom. The zero-order valence-electron chi connectivity index (χ0n) is 26.8. The van der Waals surface area contributed by atoms with Gasteiger partial charge in [-0.1, -0.05) is 32.9 Å². The van der Waals surface area contributed by atoms with Crippen molar-refractivity contribution < 1.29 is 64.7 Å². The topological polar surface area (TPSA) is 110 Å². The van der Waals surface area contributed by atoms with Gasteiger partial charge >= 0.3 is 24.3 Å². The number of hydrogen-bond donors (Lipinski definition) is 1. The van der Waals surface area contributed by atoms with Crippen LogP contribution in [-0.2, 0) is 40.8 Å². The summed E-state index contributed by atoms with van der Waals surface area (Å²) in [6, 6.07) is 6.96. The first-order chi connectivity index (χ1) is 23.4. The molecule has 3 saturated heterocycles. The fourth-order valence-corrected chi connectivity index (χ4v) is 9.81. The molecule has 2 spiro atoms. The van der Waals surface area contributed by atoms with Gasteiger partial charge in [0, 0.05) is 22.1 Å². The first-order valence-corrected chi connectivity index (χ1v) is 16.4. The van der Waals surface area contributed by atoms with E-state index in [-0.39, 0.29) is 47.2 Å². The number of epoxide rings is 3. The Kier molecular flexibility index (Phi) is 6.17. The van der Waals surface area contributed by atoms with Crippen LogP contribution in [-0.4, -0.2) is 58.3 Å². The van der Waals surface area contributed by atoms with Crippen LogP contribution >= 0.6 is 0 Å². The zero-order chi connectivity index (χ0) is 35.6. The number of benzene rings is 2. The summed E-state index contributed by atoms with van der Waals surface area (Å²) in [5.41, 5.74) is -5.11. The molecule has 50 heavy (non-hydrogen) atoms. The number of halogens is 6. The van der Waals surface area contributed by atoms with E-state index in [0.717, 1.165) is 36.4 Å². The highest BCUT2D eigenvalue weighted by molar-refractivity contribution is 5.99. The lowest BCUT2D eigenvalue weighted by atomic mass is 9.46. The van der Waals surface area contributed by atoms with E-state index in [2.05, 4.69) is 0 Å². The molecule has 8 nitrogen and oxygen atoms in total. The SMILES string of the molecule is CC(C)[C@]12O[C@H]1[C@@H]1O[C@]13[C@]1(O[C@H]1C[C@H]1C4=C(CC[C@@]13C)C(=O)O/C4=C(/OC(=O)c1ccc(C(F)(F)F)cc1)c1ccc(C(F)(F)F)cc1)[C@@H]2O. The number of aliphatic hydroxyl groups is 1. The third-order valence-electron chi connectivity index (χ3n) is 12.4. The van der Waals surface area contributed by atoms with E-state index in [4.69, 9.17) is 23.7 Å². The molecular formula is C36H30F6O8. The second-order valence-corrected chi connectivity index (χ2v) is 14.8. The maximum absolute atomic E-state index is 13.5. The summed E-state index contributed by atoms with van der Waals surface area (Å²) in [5.74, 6) is -2.87. The van der Waals surface area contributed by atoms with Crippen molar-refractivity contribution in [1.29, 1.82) is 0 Å². The number of esters is 2. The molecule has 0 bridgehead atoms. The van der Waals surface area contributed by atoms with E-state index in [1.165, 1.54) is 0 Å². The van der Waals surface area contributed by atoms with Crippen LogP contribution in [0.25, 0.3) is 5.76 Å². The number of rotatable bonds is 4. The van der Waals surface area contributed by atoms with E-state index in [1.807, 2.05) is 20.8 Å². The maximum atomic E-state index is 13.5. The van der Waals surface area contributed by atoms with Crippen LogP contribution in [0.4, 0.5) is 26.3 Å². The molecule has 9 atom stereocenters. The van der Waals surface area contributed by atoms with E-state index >= 15 is 0 Å². The highest BCUT2D eigenvalue weighted by Crippen LogP contribution is 2.83. The van der Waals surface area contributed by atoms with Crippen LogP contribution in [0.1, 0.15) is 67.1 Å². The largest absolute Gasteiger partial charge is 0.419 e. The van der Waals surface area contributed by atoms with Gasteiger partial charge < -0.3 is 28.8 Å². The molecule has 4 heterocycles. The van der Waals surface area contributed by atoms with Gasteiger partial charge in [0.2, 0.25) is 0 Å². The van der Waals surface area contributed by atoms with Crippen LogP contribution in [0.3, 0.4) is 0 Å². The van der Waals surface area contributed by atoms with Crippen molar-refractivity contribution in [2.75, 3.05) is 0 Å². The van der Waals surface area contributed by atoms with Crippen LogP contribution in [0, 0.1) is 17.3 Å². The molecule has 4 aliphatic heterocycles. The predicted molar refractivity (Wildman–Crippen MR) is 157 cm³/mol. The van der Waals surface area contributed by atoms with Crippen molar-refractivity contribution in [3.8, 4) is 0 Å². The second kappa shape index (κ2) is 9.58. The smallest absolute Gasteiger partial charge is 0.416 e. The van der Waals surface area contributed by atoms with Gasteiger partial charge in [-0.15, -0.1) is 0 Å². The summed E-state index contributed by atoms with van der Waals surface area (Å²) < 4.78 is 111. The second-order valence-electron chi connectivity index (χ2n) is 14.8. The van der Waals surface area contributed by atoms with Gasteiger partial charge in [-0.2, -0.15) is 26.3 Å². The number of fused-ring (bicyclic) bond motifs is 4. The molecule has 0 aromatic heterocycles. The quantitative estimate of drug-likeness (QED) is 0.169. The van der Waals surface area contributed by atoms with Crippen LogP contribution in [0.5, 0.6) is 0 Å². The van der Waals surface area contributed by atoms with Crippen molar-refractivity contribution in [3.05, 3.63) is 87.7 Å². The molecule has 5 fully saturated rings. The molecule has 9 rings (SSSR count). The molecule has 7 aliphatic rings. The van der Waals surface area contributed by atoms with Gasteiger partial charge in [-0.25, -0.2) is 9.59 Å². The summed E-state index contributed by atoms with van der Waals surface area (Å²) in [4.78, 5) is 26.9. The molecule has 0 radical (unpaired) electrons. The average Bonchev–Trinajstić information content (AvgIpc) is 3.97.